The minimum absolute atomic E-state index is 0.0438. The molecule has 5 heterocycles. The third-order valence-electron chi connectivity index (χ3n) is 8.02. The number of ether oxygens (including phenoxy) is 3. The number of nitrogens with one attached hydrogen (secondary N) is 2. The standard InChI is InChI=1S/C26H39N9O15P2/c1-45-20-19(15(11-47-52(42,43)44)49-24(20)35-12-29-18-21(35)32-25(28)33-22(18)39)50-51(41,30-7-4-2-3-5-17(37)38)46-10-13-9-14(36)23(48-13)34-8-6-16(27)31-26(34)40/h6,8,12-15,19-20,23-24,36H,2-5,7,9-11H2,1H3,(H,30,41)(H,37,38)(H2,27,31,40)(H2,42,43,44)(H3,28,32,33,39)/p-3/t13-,14+,15+,19+,20+,23+,24+,51-/m0/s1. The number of fused-ring (bicyclic) bond motifs is 1. The Morgan fingerprint density at radius 1 is 1.10 bits per heavy atom. The van der Waals surface area contributed by atoms with Crippen LogP contribution in [-0.2, 0) is 41.7 Å². The molecule has 0 aliphatic carbocycles. The molecule has 26 heteroatoms. The number of nitrogens with zero attached hydrogens (tertiary/aromatic N) is 5. The van der Waals surface area contributed by atoms with E-state index in [0.29, 0.717) is 12.8 Å². The third-order valence-corrected chi connectivity index (χ3v) is 10.1. The van der Waals surface area contributed by atoms with Crippen LogP contribution in [0.2, 0.25) is 0 Å². The number of methoxy groups -OCH3 is 1. The molecule has 24 nitrogen and oxygen atoms in total. The van der Waals surface area contributed by atoms with Crippen molar-refractivity contribution in [2.75, 3.05) is 38.3 Å². The molecule has 2 fully saturated rings. The first-order valence-electron chi connectivity index (χ1n) is 15.7. The van der Waals surface area contributed by atoms with E-state index in [4.69, 9.17) is 34.7 Å². The molecule has 8 atom stereocenters. The number of imidazole rings is 1. The smallest absolute Gasteiger partial charge is 0.406 e. The Morgan fingerprint density at radius 2 is 1.87 bits per heavy atom. The van der Waals surface area contributed by atoms with E-state index in [1.165, 1.54) is 23.9 Å². The Hall–Kier alpha value is -3.64. The van der Waals surface area contributed by atoms with Crippen LogP contribution >= 0.6 is 15.6 Å². The first-order chi connectivity index (χ1) is 24.6. The van der Waals surface area contributed by atoms with Gasteiger partial charge in [0.1, 0.15) is 30.2 Å². The van der Waals surface area contributed by atoms with Crippen molar-refractivity contribution in [1.29, 1.82) is 0 Å². The van der Waals surface area contributed by atoms with Crippen molar-refractivity contribution in [1.82, 2.24) is 34.2 Å². The average molecular weight is 777 g/mol. The van der Waals surface area contributed by atoms with Crippen LogP contribution in [0.3, 0.4) is 0 Å². The highest BCUT2D eigenvalue weighted by Gasteiger charge is 2.51. The Labute approximate surface area is 293 Å². The Bertz CT molecular complexity index is 1940. The summed E-state index contributed by atoms with van der Waals surface area (Å²) in [6.07, 6.45) is -5.85. The lowest BCUT2D eigenvalue weighted by molar-refractivity contribution is -0.343. The molecule has 0 spiro atoms. The van der Waals surface area contributed by atoms with Gasteiger partial charge in [0.05, 0.1) is 33.5 Å². The zero-order valence-corrected chi connectivity index (χ0v) is 29.2. The van der Waals surface area contributed by atoms with Crippen molar-refractivity contribution in [3.8, 4) is 0 Å². The van der Waals surface area contributed by atoms with Gasteiger partial charge in [-0.05, 0) is 25.3 Å². The van der Waals surface area contributed by atoms with E-state index < -0.39 is 89.0 Å². The number of H-pyrrole nitrogens is 1. The second kappa shape index (κ2) is 16.6. The number of phosphoric acid groups is 1. The molecule has 288 valence electrons. The summed E-state index contributed by atoms with van der Waals surface area (Å²) < 4.78 is 61.8. The molecule has 52 heavy (non-hydrogen) atoms. The average Bonchev–Trinajstić information content (AvgIpc) is 3.75. The fourth-order valence-corrected chi connectivity index (χ4v) is 7.61. The molecule has 0 amide bonds. The molecule has 0 radical (unpaired) electrons. The first-order valence-corrected chi connectivity index (χ1v) is 18.7. The summed E-state index contributed by atoms with van der Waals surface area (Å²) in [6.45, 7) is -1.46. The van der Waals surface area contributed by atoms with E-state index in [1.54, 1.807) is 0 Å². The van der Waals surface area contributed by atoms with Gasteiger partial charge in [-0.1, -0.05) is 6.42 Å². The summed E-state index contributed by atoms with van der Waals surface area (Å²) in [4.78, 5) is 72.5. The van der Waals surface area contributed by atoms with Gasteiger partial charge in [0.2, 0.25) is 5.95 Å². The maximum Gasteiger partial charge on any atom is 0.406 e. The van der Waals surface area contributed by atoms with E-state index in [9.17, 15) is 43.5 Å². The number of hydrogen-bond donors (Lipinski definition) is 5. The number of anilines is 2. The number of carboxylic acid groups (broad SMARTS) is 1. The monoisotopic (exact) mass is 776 g/mol. The lowest BCUT2D eigenvalue weighted by Gasteiger charge is -2.32. The van der Waals surface area contributed by atoms with E-state index in [2.05, 4.69) is 29.5 Å². The number of nitrogens with two attached hydrogens (primary N) is 2. The molecule has 7 N–H and O–H groups in total. The minimum atomic E-state index is -5.57. The molecule has 2 saturated heterocycles. The number of aromatic nitrogens is 6. The summed E-state index contributed by atoms with van der Waals surface area (Å²) in [6, 6.07) is 1.33. The van der Waals surface area contributed by atoms with Crippen LogP contribution in [0.15, 0.2) is 28.2 Å². The van der Waals surface area contributed by atoms with E-state index >= 15 is 0 Å². The fourth-order valence-electron chi connectivity index (χ4n) is 5.69. The van der Waals surface area contributed by atoms with Crippen molar-refractivity contribution in [3.05, 3.63) is 39.4 Å². The first kappa shape index (κ1) is 39.6. The number of aliphatic hydroxyl groups is 1. The van der Waals surface area contributed by atoms with Crippen molar-refractivity contribution in [2.45, 2.75) is 75.1 Å². The number of rotatable bonds is 18. The van der Waals surface area contributed by atoms with Gasteiger partial charge in [0.25, 0.3) is 5.56 Å². The molecule has 3 aromatic heterocycles. The molecule has 2 aliphatic rings. The number of aliphatic carboxylic acids is 1. The van der Waals surface area contributed by atoms with E-state index in [0.717, 1.165) is 10.9 Å². The third kappa shape index (κ3) is 9.66. The van der Waals surface area contributed by atoms with Gasteiger partial charge in [-0.3, -0.25) is 28.0 Å². The molecule has 3 aromatic rings. The quantitative estimate of drug-likeness (QED) is 0.0614. The van der Waals surface area contributed by atoms with E-state index in [1.807, 2.05) is 0 Å². The van der Waals surface area contributed by atoms with Crippen LogP contribution in [0.25, 0.3) is 11.2 Å². The van der Waals surface area contributed by atoms with Crippen molar-refractivity contribution in [2.24, 2.45) is 0 Å². The zero-order chi connectivity index (χ0) is 37.8. The molecule has 0 aromatic carbocycles. The lowest BCUT2D eigenvalue weighted by Crippen LogP contribution is -2.39. The van der Waals surface area contributed by atoms with Gasteiger partial charge in [-0.2, -0.15) is 9.97 Å². The highest BCUT2D eigenvalue weighted by Crippen LogP contribution is 2.50. The summed E-state index contributed by atoms with van der Waals surface area (Å²) in [5, 5.41) is 24.1. The van der Waals surface area contributed by atoms with Gasteiger partial charge in [0.15, 0.2) is 23.6 Å². The number of carbonyl (C=O) groups is 1. The number of carbonyl (C=O) groups excluding carboxylic acids is 1. The van der Waals surface area contributed by atoms with Crippen molar-refractivity contribution < 1.29 is 61.7 Å². The maximum absolute atomic E-state index is 14.4. The number of nitrogen functional groups attached to an aromatic ring is 2. The minimum Gasteiger partial charge on any atom is -0.790 e. The van der Waals surface area contributed by atoms with Gasteiger partial charge in [-0.25, -0.2) is 19.4 Å². The second-order valence-corrected chi connectivity index (χ2v) is 14.7. The highest BCUT2D eigenvalue weighted by molar-refractivity contribution is 7.51. The number of aromatic amines is 1. The molecule has 0 unspecified atom stereocenters. The molecule has 2 aliphatic heterocycles. The predicted molar refractivity (Wildman–Crippen MR) is 168 cm³/mol. The van der Waals surface area contributed by atoms with Crippen LogP contribution in [0.1, 0.15) is 44.6 Å². The predicted octanol–water partition coefficient (Wildman–Crippen LogP) is -3.64. The van der Waals surface area contributed by atoms with Gasteiger partial charge < -0.3 is 59.6 Å². The Kier molecular flexibility index (Phi) is 12.6. The maximum atomic E-state index is 14.4. The van der Waals surface area contributed by atoms with Crippen LogP contribution in [-0.4, -0.2) is 97.5 Å². The summed E-state index contributed by atoms with van der Waals surface area (Å²) in [5.74, 6) is -1.54. The van der Waals surface area contributed by atoms with Crippen LogP contribution in [0.5, 0.6) is 0 Å². The zero-order valence-electron chi connectivity index (χ0n) is 27.4. The van der Waals surface area contributed by atoms with Gasteiger partial charge in [-0.15, -0.1) is 0 Å². The fraction of sp³-hybridized carbons (Fsp3) is 0.615. The molecule has 0 bridgehead atoms. The number of carboxylic acids is 1. The Morgan fingerprint density at radius 3 is 2.56 bits per heavy atom. The molecule has 0 saturated carbocycles. The van der Waals surface area contributed by atoms with E-state index in [-0.39, 0.29) is 48.7 Å². The summed E-state index contributed by atoms with van der Waals surface area (Å²) in [7, 11) is -8.88. The highest BCUT2D eigenvalue weighted by atomic mass is 31.2. The molecular weight excluding hydrogens is 740 g/mol. The SMILES string of the molecule is CO[C@@H]1[C@H](O[P@](=O)(NCCCCCC(=O)[O-])OC[C@@H]2C[C@@H](O)[C@H](n3ccc(N)nc3=O)O2)[C@@H](COP(=O)([O-])[O-])O[C@H]1n1cnc2c(=O)[nH]c(N)nc21. The molecular formula is C26H36N9O15P2-3. The summed E-state index contributed by atoms with van der Waals surface area (Å²) in [5.41, 5.74) is 9.59. The van der Waals surface area contributed by atoms with Gasteiger partial charge >= 0.3 is 13.4 Å². The topological polar surface area (TPSA) is 359 Å². The Balaban J connectivity index is 1.39. The number of aliphatic hydroxyl groups excluding tert-OH is 1. The van der Waals surface area contributed by atoms with Crippen molar-refractivity contribution >= 4 is 44.5 Å². The van der Waals surface area contributed by atoms with Crippen LogP contribution in [0.4, 0.5) is 11.8 Å². The van der Waals surface area contributed by atoms with Crippen LogP contribution in [0, 0.1) is 0 Å². The van der Waals surface area contributed by atoms with Gasteiger partial charge in [0, 0.05) is 32.2 Å². The number of hydrogen-bond acceptors (Lipinski definition) is 20. The number of phosphoric ester groups is 1. The summed E-state index contributed by atoms with van der Waals surface area (Å²) >= 11 is 0. The largest absolute Gasteiger partial charge is 0.790 e. The van der Waals surface area contributed by atoms with Crippen molar-refractivity contribution in [3.63, 3.8) is 0 Å². The second-order valence-electron chi connectivity index (χ2n) is 11.7. The normalized spacial score (nSPS) is 26.2. The number of unbranched alkanes of at least 4 members (excludes halogenated alkanes) is 2. The lowest BCUT2D eigenvalue weighted by atomic mass is 10.1. The van der Waals surface area contributed by atoms with Crippen LogP contribution < -0.4 is 42.7 Å². The molecule has 5 rings (SSSR count).